The van der Waals surface area contributed by atoms with Gasteiger partial charge in [-0.2, -0.15) is 0 Å². The van der Waals surface area contributed by atoms with Crippen molar-refractivity contribution in [3.05, 3.63) is 18.2 Å². The Balaban J connectivity index is 1.38. The molecule has 8 heteroatoms. The second-order valence-corrected chi connectivity index (χ2v) is 6.95. The lowest BCUT2D eigenvalue weighted by Crippen LogP contribution is -2.48. The van der Waals surface area contributed by atoms with Gasteiger partial charge in [-0.3, -0.25) is 14.4 Å². The summed E-state index contributed by atoms with van der Waals surface area (Å²) < 4.78 is 11.0. The number of anilines is 1. The van der Waals surface area contributed by atoms with Gasteiger partial charge in [0, 0.05) is 30.8 Å². The summed E-state index contributed by atoms with van der Waals surface area (Å²) in [6.07, 6.45) is 1.05. The number of carbonyl (C=O) groups is 3. The van der Waals surface area contributed by atoms with E-state index in [1.54, 1.807) is 23.1 Å². The van der Waals surface area contributed by atoms with Gasteiger partial charge in [-0.25, -0.2) is 0 Å². The van der Waals surface area contributed by atoms with Crippen LogP contribution in [0.25, 0.3) is 0 Å². The minimum atomic E-state index is -0.823. The molecule has 2 aliphatic heterocycles. The lowest BCUT2D eigenvalue weighted by Gasteiger charge is -2.33. The smallest absolute Gasteiger partial charge is 0.306 e. The predicted molar refractivity (Wildman–Crippen MR) is 90.2 cm³/mol. The van der Waals surface area contributed by atoms with E-state index in [9.17, 15) is 14.4 Å². The standard InChI is InChI=1S/C18H20N2O6/c21-16-7-11(17(22)19-12-5-10(6-12)18(23)24)9-20(16)13-1-2-14-15(8-13)26-4-3-25-14/h1-2,8,10-12H,3-7,9H2,(H,19,22)(H,23,24). The quantitative estimate of drug-likeness (QED) is 0.822. The molecule has 0 radical (unpaired) electrons. The van der Waals surface area contributed by atoms with Crippen molar-refractivity contribution in [1.82, 2.24) is 5.32 Å². The fourth-order valence-corrected chi connectivity index (χ4v) is 3.59. The van der Waals surface area contributed by atoms with Crippen LogP contribution in [0.4, 0.5) is 5.69 Å². The van der Waals surface area contributed by atoms with Gasteiger partial charge in [-0.05, 0) is 25.0 Å². The maximum absolute atomic E-state index is 12.4. The fourth-order valence-electron chi connectivity index (χ4n) is 3.59. The highest BCUT2D eigenvalue weighted by atomic mass is 16.6. The third-order valence-electron chi connectivity index (χ3n) is 5.17. The summed E-state index contributed by atoms with van der Waals surface area (Å²) in [6, 6.07) is 5.21. The van der Waals surface area contributed by atoms with Crippen LogP contribution in [0.3, 0.4) is 0 Å². The number of fused-ring (bicyclic) bond motifs is 1. The molecule has 2 amide bonds. The number of ether oxygens (including phenoxy) is 2. The van der Waals surface area contributed by atoms with Crippen molar-refractivity contribution in [1.29, 1.82) is 0 Å². The van der Waals surface area contributed by atoms with E-state index >= 15 is 0 Å². The number of nitrogens with one attached hydrogen (secondary N) is 1. The Morgan fingerprint density at radius 3 is 2.58 bits per heavy atom. The molecule has 1 aliphatic carbocycles. The van der Waals surface area contributed by atoms with E-state index in [0.717, 1.165) is 0 Å². The predicted octanol–water partition coefficient (Wildman–Crippen LogP) is 0.790. The topological polar surface area (TPSA) is 105 Å². The van der Waals surface area contributed by atoms with E-state index in [0.29, 0.717) is 49.8 Å². The van der Waals surface area contributed by atoms with E-state index in [2.05, 4.69) is 5.32 Å². The molecule has 2 heterocycles. The Morgan fingerprint density at radius 1 is 1.12 bits per heavy atom. The minimum absolute atomic E-state index is 0.109. The number of nitrogens with zero attached hydrogens (tertiary/aromatic N) is 1. The molecular weight excluding hydrogens is 340 g/mol. The molecule has 1 aromatic carbocycles. The third kappa shape index (κ3) is 3.07. The molecule has 8 nitrogen and oxygen atoms in total. The monoisotopic (exact) mass is 360 g/mol. The van der Waals surface area contributed by atoms with Crippen molar-refractivity contribution < 1.29 is 29.0 Å². The molecule has 2 fully saturated rings. The molecular formula is C18H20N2O6. The highest BCUT2D eigenvalue weighted by Gasteiger charge is 2.39. The second-order valence-electron chi connectivity index (χ2n) is 6.95. The van der Waals surface area contributed by atoms with Gasteiger partial charge in [0.1, 0.15) is 13.2 Å². The summed E-state index contributed by atoms with van der Waals surface area (Å²) >= 11 is 0. The highest BCUT2D eigenvalue weighted by molar-refractivity contribution is 6.00. The molecule has 0 aromatic heterocycles. The van der Waals surface area contributed by atoms with Crippen LogP contribution in [-0.4, -0.2) is 48.7 Å². The van der Waals surface area contributed by atoms with Crippen molar-refractivity contribution in [3.8, 4) is 11.5 Å². The van der Waals surface area contributed by atoms with Crippen molar-refractivity contribution in [2.45, 2.75) is 25.3 Å². The lowest BCUT2D eigenvalue weighted by atomic mass is 9.80. The van der Waals surface area contributed by atoms with Gasteiger partial charge in [-0.1, -0.05) is 0 Å². The van der Waals surface area contributed by atoms with Crippen LogP contribution in [0.15, 0.2) is 18.2 Å². The number of carboxylic acid groups (broad SMARTS) is 1. The van der Waals surface area contributed by atoms with Crippen LogP contribution in [0.2, 0.25) is 0 Å². The number of amides is 2. The van der Waals surface area contributed by atoms with Crippen molar-refractivity contribution in [2.24, 2.45) is 11.8 Å². The van der Waals surface area contributed by atoms with Crippen LogP contribution in [0.1, 0.15) is 19.3 Å². The highest BCUT2D eigenvalue weighted by Crippen LogP contribution is 2.36. The summed E-state index contributed by atoms with van der Waals surface area (Å²) in [5.41, 5.74) is 0.684. The zero-order valence-electron chi connectivity index (χ0n) is 14.1. The Morgan fingerprint density at radius 2 is 1.85 bits per heavy atom. The minimum Gasteiger partial charge on any atom is -0.486 e. The molecule has 1 saturated carbocycles. The Labute approximate surface area is 150 Å². The van der Waals surface area contributed by atoms with Gasteiger partial charge in [0.15, 0.2) is 11.5 Å². The lowest BCUT2D eigenvalue weighted by molar-refractivity contribution is -0.146. The maximum atomic E-state index is 12.4. The van der Waals surface area contributed by atoms with E-state index in [-0.39, 0.29) is 30.2 Å². The number of aliphatic carboxylic acids is 1. The van der Waals surface area contributed by atoms with Crippen LogP contribution >= 0.6 is 0 Å². The van der Waals surface area contributed by atoms with Gasteiger partial charge in [0.05, 0.1) is 11.8 Å². The molecule has 1 aromatic rings. The maximum Gasteiger partial charge on any atom is 0.306 e. The Kier molecular flexibility index (Phi) is 4.18. The first-order valence-corrected chi connectivity index (χ1v) is 8.74. The van der Waals surface area contributed by atoms with Gasteiger partial charge in [-0.15, -0.1) is 0 Å². The second kappa shape index (κ2) is 6.51. The van der Waals surface area contributed by atoms with Gasteiger partial charge < -0.3 is 24.8 Å². The summed E-state index contributed by atoms with van der Waals surface area (Å²) in [5, 5.41) is 11.8. The SMILES string of the molecule is O=C(O)C1CC(NC(=O)C2CC(=O)N(c3ccc4c(c3)OCCO4)C2)C1. The Bertz CT molecular complexity index is 758. The third-order valence-corrected chi connectivity index (χ3v) is 5.17. The average molecular weight is 360 g/mol. The number of hydrogen-bond acceptors (Lipinski definition) is 5. The number of carboxylic acids is 1. The fraction of sp³-hybridized carbons (Fsp3) is 0.500. The molecule has 1 unspecified atom stereocenters. The van der Waals surface area contributed by atoms with E-state index in [1.165, 1.54) is 0 Å². The molecule has 1 atom stereocenters. The molecule has 3 aliphatic rings. The van der Waals surface area contributed by atoms with Crippen LogP contribution < -0.4 is 19.7 Å². The first kappa shape index (κ1) is 16.7. The summed E-state index contributed by atoms with van der Waals surface area (Å²) in [6.45, 7) is 1.27. The van der Waals surface area contributed by atoms with Crippen LogP contribution in [0.5, 0.6) is 11.5 Å². The number of hydrogen-bond donors (Lipinski definition) is 2. The van der Waals surface area contributed by atoms with Gasteiger partial charge >= 0.3 is 5.97 Å². The normalized spacial score (nSPS) is 27.0. The zero-order valence-corrected chi connectivity index (χ0v) is 14.1. The number of rotatable bonds is 4. The van der Waals surface area contributed by atoms with Gasteiger partial charge in [0.2, 0.25) is 11.8 Å². The van der Waals surface area contributed by atoms with Crippen molar-refractivity contribution >= 4 is 23.5 Å². The van der Waals surface area contributed by atoms with Crippen LogP contribution in [-0.2, 0) is 14.4 Å². The molecule has 2 N–H and O–H groups in total. The van der Waals surface area contributed by atoms with Gasteiger partial charge in [0.25, 0.3) is 0 Å². The molecule has 138 valence electrons. The molecule has 0 spiro atoms. The van der Waals surface area contributed by atoms with Crippen LogP contribution in [0, 0.1) is 11.8 Å². The van der Waals surface area contributed by atoms with Crippen molar-refractivity contribution in [3.63, 3.8) is 0 Å². The van der Waals surface area contributed by atoms with Crippen molar-refractivity contribution in [2.75, 3.05) is 24.7 Å². The number of carbonyl (C=O) groups excluding carboxylic acids is 2. The number of benzene rings is 1. The largest absolute Gasteiger partial charge is 0.486 e. The summed E-state index contributed by atoms with van der Waals surface area (Å²) in [4.78, 5) is 37.2. The van der Waals surface area contributed by atoms with E-state index in [1.807, 2.05) is 0 Å². The zero-order chi connectivity index (χ0) is 18.3. The summed E-state index contributed by atoms with van der Waals surface area (Å²) in [7, 11) is 0. The van der Waals surface area contributed by atoms with E-state index in [4.69, 9.17) is 14.6 Å². The molecule has 0 bridgehead atoms. The summed E-state index contributed by atoms with van der Waals surface area (Å²) in [5.74, 6) is -0.677. The molecule has 1 saturated heterocycles. The molecule has 26 heavy (non-hydrogen) atoms. The first-order chi connectivity index (χ1) is 12.5. The van der Waals surface area contributed by atoms with E-state index < -0.39 is 11.9 Å². The molecule has 4 rings (SSSR count). The first-order valence-electron chi connectivity index (χ1n) is 8.74. The average Bonchev–Trinajstić information content (AvgIpc) is 2.98. The Hall–Kier alpha value is -2.77.